The van der Waals surface area contributed by atoms with E-state index in [0.29, 0.717) is 12.2 Å². The number of hydrogen-bond acceptors (Lipinski definition) is 4. The van der Waals surface area contributed by atoms with Crippen molar-refractivity contribution in [3.05, 3.63) is 24.8 Å². The smallest absolute Gasteiger partial charge is 0.332 e. The maximum absolute atomic E-state index is 10.3. The van der Waals surface area contributed by atoms with Gasteiger partial charge in [0.15, 0.2) is 0 Å². The van der Waals surface area contributed by atoms with Crippen LogP contribution in [0.5, 0.6) is 0 Å². The Morgan fingerprint density at radius 3 is 2.12 bits per heavy atom. The average Bonchev–Trinajstić information content (AvgIpc) is 2.28. The van der Waals surface area contributed by atoms with Crippen molar-refractivity contribution in [2.24, 2.45) is 0 Å². The van der Waals surface area contributed by atoms with Crippen molar-refractivity contribution in [2.75, 3.05) is 13.7 Å². The molecule has 0 aromatic carbocycles. The van der Waals surface area contributed by atoms with Crippen LogP contribution in [0.25, 0.3) is 0 Å². The first-order chi connectivity index (χ1) is 7.49. The zero-order valence-corrected chi connectivity index (χ0v) is 13.2. The number of carbonyl (C=O) groups is 2. The van der Waals surface area contributed by atoms with Crippen LogP contribution in [0.4, 0.5) is 0 Å². The minimum atomic E-state index is -0.347. The molecule has 0 aromatic heterocycles. The van der Waals surface area contributed by atoms with E-state index in [4.69, 9.17) is 0 Å². The van der Waals surface area contributed by atoms with Crippen molar-refractivity contribution in [3.8, 4) is 0 Å². The van der Waals surface area contributed by atoms with E-state index in [1.54, 1.807) is 6.92 Å². The Labute approximate surface area is 125 Å². The topological polar surface area (TPSA) is 52.6 Å². The molecule has 0 saturated heterocycles. The maximum atomic E-state index is 10.3. The summed E-state index contributed by atoms with van der Waals surface area (Å²) >= 11 is 0. The predicted octanol–water partition coefficient (Wildman–Crippen LogP) is 1.87. The quantitative estimate of drug-likeness (QED) is 0.324. The molecule has 17 heavy (non-hydrogen) atoms. The minimum absolute atomic E-state index is 0. The molecular formula is C12H20NaO4. The molecule has 0 amide bonds. The summed E-state index contributed by atoms with van der Waals surface area (Å²) in [5.41, 5.74) is 0.433. The van der Waals surface area contributed by atoms with Gasteiger partial charge in [0.2, 0.25) is 0 Å². The molecule has 0 unspecified atom stereocenters. The summed E-state index contributed by atoms with van der Waals surface area (Å²) in [4.78, 5) is 20.5. The van der Waals surface area contributed by atoms with Crippen LogP contribution >= 0.6 is 0 Å². The van der Waals surface area contributed by atoms with Gasteiger partial charge in [-0.1, -0.05) is 26.5 Å². The molecule has 0 rings (SSSR count). The zero-order valence-electron chi connectivity index (χ0n) is 11.2. The molecular weight excluding hydrogens is 231 g/mol. The molecule has 4 nitrogen and oxygen atoms in total. The monoisotopic (exact) mass is 251 g/mol. The van der Waals surface area contributed by atoms with Crippen molar-refractivity contribution in [2.45, 2.75) is 26.7 Å². The van der Waals surface area contributed by atoms with Gasteiger partial charge in [-0.15, -0.1) is 0 Å². The van der Waals surface area contributed by atoms with Crippen LogP contribution in [0.3, 0.4) is 0 Å². The van der Waals surface area contributed by atoms with Crippen LogP contribution in [-0.2, 0) is 19.1 Å². The second-order valence-corrected chi connectivity index (χ2v) is 3.00. The van der Waals surface area contributed by atoms with Crippen molar-refractivity contribution in [1.82, 2.24) is 0 Å². The van der Waals surface area contributed by atoms with E-state index in [1.807, 2.05) is 6.92 Å². The molecule has 0 aromatic rings. The van der Waals surface area contributed by atoms with Crippen LogP contribution in [0.2, 0.25) is 0 Å². The average molecular weight is 251 g/mol. The fraction of sp³-hybridized carbons (Fsp3) is 0.500. The molecule has 0 bridgehead atoms. The van der Waals surface area contributed by atoms with E-state index in [2.05, 4.69) is 22.6 Å². The summed E-state index contributed by atoms with van der Waals surface area (Å²) in [6.07, 6.45) is 3.15. The molecule has 0 atom stereocenters. The van der Waals surface area contributed by atoms with Gasteiger partial charge in [-0.05, 0) is 13.3 Å². The van der Waals surface area contributed by atoms with E-state index >= 15 is 0 Å². The van der Waals surface area contributed by atoms with Gasteiger partial charge in [-0.2, -0.15) is 0 Å². The van der Waals surface area contributed by atoms with Crippen molar-refractivity contribution >= 4 is 41.5 Å². The maximum Gasteiger partial charge on any atom is 0.332 e. The fourth-order valence-corrected chi connectivity index (χ4v) is 0.550. The van der Waals surface area contributed by atoms with Gasteiger partial charge >= 0.3 is 11.9 Å². The van der Waals surface area contributed by atoms with Crippen molar-refractivity contribution in [1.29, 1.82) is 0 Å². The van der Waals surface area contributed by atoms with E-state index in [-0.39, 0.29) is 41.5 Å². The molecule has 1 radical (unpaired) electrons. The van der Waals surface area contributed by atoms with E-state index in [9.17, 15) is 9.59 Å². The molecule has 5 heteroatoms. The Balaban J connectivity index is -0.000000224. The van der Waals surface area contributed by atoms with Crippen LogP contribution in [0.15, 0.2) is 24.8 Å². The Hall–Kier alpha value is -0.580. The van der Waals surface area contributed by atoms with Crippen LogP contribution in [0, 0.1) is 0 Å². The van der Waals surface area contributed by atoms with Gasteiger partial charge in [0.05, 0.1) is 13.7 Å². The van der Waals surface area contributed by atoms with Gasteiger partial charge in [-0.25, -0.2) is 9.59 Å². The van der Waals surface area contributed by atoms with Crippen LogP contribution in [-0.4, -0.2) is 55.2 Å². The molecule has 0 aliphatic heterocycles. The number of ether oxygens (including phenoxy) is 2. The molecule has 0 saturated carbocycles. The number of methoxy groups -OCH3 is 1. The normalized spacial score (nSPS) is 7.71. The molecule has 0 fully saturated rings. The summed E-state index contributed by atoms with van der Waals surface area (Å²) in [7, 11) is 1.33. The number of esters is 2. The number of hydrogen-bond donors (Lipinski definition) is 0. The summed E-state index contributed by atoms with van der Waals surface area (Å²) in [5.74, 6) is -0.677. The van der Waals surface area contributed by atoms with E-state index in [0.717, 1.165) is 12.8 Å². The first-order valence-electron chi connectivity index (χ1n) is 5.02. The third-order valence-corrected chi connectivity index (χ3v) is 1.44. The summed E-state index contributed by atoms with van der Waals surface area (Å²) in [6, 6.07) is 0. The molecule has 0 heterocycles. The predicted molar refractivity (Wildman–Crippen MR) is 68.6 cm³/mol. The van der Waals surface area contributed by atoms with Gasteiger partial charge in [0, 0.05) is 41.2 Å². The number of unbranched alkanes of at least 4 members (excludes halogenated alkanes) is 1. The Morgan fingerprint density at radius 2 is 1.88 bits per heavy atom. The first-order valence-corrected chi connectivity index (χ1v) is 5.02. The molecule has 0 aliphatic rings. The van der Waals surface area contributed by atoms with Gasteiger partial charge < -0.3 is 9.47 Å². The van der Waals surface area contributed by atoms with Crippen LogP contribution < -0.4 is 0 Å². The number of rotatable bonds is 5. The second-order valence-electron chi connectivity index (χ2n) is 3.00. The third kappa shape index (κ3) is 18.0. The molecule has 93 valence electrons. The van der Waals surface area contributed by atoms with Crippen molar-refractivity contribution in [3.63, 3.8) is 0 Å². The Morgan fingerprint density at radius 1 is 1.35 bits per heavy atom. The van der Waals surface area contributed by atoms with Crippen molar-refractivity contribution < 1.29 is 19.1 Å². The number of carbonyl (C=O) groups excluding carboxylic acids is 2. The molecule has 0 aliphatic carbocycles. The van der Waals surface area contributed by atoms with E-state index < -0.39 is 0 Å². The minimum Gasteiger partial charge on any atom is -0.466 e. The van der Waals surface area contributed by atoms with Crippen LogP contribution in [0.1, 0.15) is 26.7 Å². The summed E-state index contributed by atoms with van der Waals surface area (Å²) in [5, 5.41) is 0. The largest absolute Gasteiger partial charge is 0.466 e. The summed E-state index contributed by atoms with van der Waals surface area (Å²) < 4.78 is 8.95. The van der Waals surface area contributed by atoms with Gasteiger partial charge in [-0.3, -0.25) is 0 Å². The Bertz CT molecular complexity index is 249. The fourth-order valence-electron chi connectivity index (χ4n) is 0.550. The van der Waals surface area contributed by atoms with Gasteiger partial charge in [0.1, 0.15) is 0 Å². The second kappa shape index (κ2) is 15.4. The van der Waals surface area contributed by atoms with E-state index in [1.165, 1.54) is 13.2 Å². The molecule has 0 spiro atoms. The SMILES string of the molecule is C=C(C)C(=O)OC.C=CC(=O)OCCCC.[Na]. The zero-order chi connectivity index (χ0) is 13.0. The Kier molecular flexibility index (Phi) is 19.7. The standard InChI is InChI=1S/C7H12O2.C5H8O2.Na/c1-3-5-6-9-7(8)4-2;1-4(2)5(6)7-3;/h4H,2-3,5-6H2,1H3;1H2,2-3H3;. The van der Waals surface area contributed by atoms with Gasteiger partial charge in [0.25, 0.3) is 0 Å². The third-order valence-electron chi connectivity index (χ3n) is 1.44. The molecule has 0 N–H and O–H groups in total. The summed E-state index contributed by atoms with van der Waals surface area (Å²) in [6.45, 7) is 10.8. The first kappa shape index (κ1) is 21.7.